The molecule has 2 aromatic heterocycles. The Morgan fingerprint density at radius 3 is 2.55 bits per heavy atom. The lowest BCUT2D eigenvalue weighted by Crippen LogP contribution is -2.35. The highest BCUT2D eigenvalue weighted by molar-refractivity contribution is 6.34. The minimum Gasteiger partial charge on any atom is -0.494 e. The number of amides is 1. The molecule has 0 unspecified atom stereocenters. The van der Waals surface area contributed by atoms with E-state index in [4.69, 9.17) is 4.74 Å². The predicted molar refractivity (Wildman–Crippen MR) is 117 cm³/mol. The van der Waals surface area contributed by atoms with Crippen LogP contribution in [-0.2, 0) is 22.6 Å². The molecular weight excluding hydrogens is 396 g/mol. The summed E-state index contributed by atoms with van der Waals surface area (Å²) in [4.78, 5) is 18.2. The van der Waals surface area contributed by atoms with E-state index in [0.29, 0.717) is 12.1 Å². The zero-order valence-electron chi connectivity index (χ0n) is 17.0. The van der Waals surface area contributed by atoms with Gasteiger partial charge in [0.2, 0.25) is 0 Å². The van der Waals surface area contributed by atoms with E-state index < -0.39 is 0 Å². The molecule has 1 fully saturated rings. The van der Waals surface area contributed by atoms with Crippen molar-refractivity contribution in [3.05, 3.63) is 65.0 Å². The first-order valence-electron chi connectivity index (χ1n) is 10.3. The van der Waals surface area contributed by atoms with Gasteiger partial charge in [0.25, 0.3) is 5.91 Å². The van der Waals surface area contributed by atoms with Gasteiger partial charge in [0.05, 0.1) is 25.3 Å². The summed E-state index contributed by atoms with van der Waals surface area (Å²) in [6, 6.07) is 10.6. The minimum atomic E-state index is -0.150. The van der Waals surface area contributed by atoms with Gasteiger partial charge in [0, 0.05) is 54.9 Å². The van der Waals surface area contributed by atoms with E-state index in [1.807, 2.05) is 30.5 Å². The number of aromatic amines is 1. The summed E-state index contributed by atoms with van der Waals surface area (Å²) in [7, 11) is 0. The van der Waals surface area contributed by atoms with Gasteiger partial charge in [-0.25, -0.2) is 0 Å². The molecule has 4 heterocycles. The highest BCUT2D eigenvalue weighted by Gasteiger charge is 2.25. The first-order valence-corrected chi connectivity index (χ1v) is 10.3. The van der Waals surface area contributed by atoms with Gasteiger partial charge in [-0.3, -0.25) is 14.3 Å². The fourth-order valence-electron chi connectivity index (χ4n) is 4.07. The molecule has 0 radical (unpaired) electrons. The number of carbonyl (C=O) groups excluding carboxylic acids is 1. The lowest BCUT2D eigenvalue weighted by atomic mass is 10.0. The van der Waals surface area contributed by atoms with Crippen LogP contribution in [0.25, 0.3) is 11.6 Å². The second-order valence-electron chi connectivity index (χ2n) is 7.88. The largest absolute Gasteiger partial charge is 0.494 e. The van der Waals surface area contributed by atoms with Crippen LogP contribution in [0.15, 0.2) is 42.6 Å². The fourth-order valence-corrected chi connectivity index (χ4v) is 4.07. The summed E-state index contributed by atoms with van der Waals surface area (Å²) < 4.78 is 6.80. The Kier molecular flexibility index (Phi) is 5.01. The molecule has 2 aliphatic rings. The first-order chi connectivity index (χ1) is 15.1. The van der Waals surface area contributed by atoms with Gasteiger partial charge in [-0.1, -0.05) is 6.07 Å². The van der Waals surface area contributed by atoms with Gasteiger partial charge >= 0.3 is 0 Å². The van der Waals surface area contributed by atoms with Crippen LogP contribution in [0, 0.1) is 0 Å². The molecule has 3 aromatic rings. The number of anilines is 1. The summed E-state index contributed by atoms with van der Waals surface area (Å²) in [6.45, 7) is 4.52. The number of carbonyl (C=O) groups is 1. The number of benzene rings is 1. The number of rotatable bonds is 5. The van der Waals surface area contributed by atoms with E-state index in [1.165, 1.54) is 22.3 Å². The molecule has 1 aromatic carbocycles. The highest BCUT2D eigenvalue weighted by atomic mass is 16.5. The summed E-state index contributed by atoms with van der Waals surface area (Å²) in [5.74, 6) is -0.174. The standard InChI is InChI=1S/C23H24N4O4/c28-21-3-4-22(29)27(21)14-15-1-2-20-18(10-15)19(23(30)25-20)11-17-9-16(12-24-17)13-26-5-7-31-8-6-26/h1-4,9-12,24,28-29H,5-8,13-14H2,(H,25,30). The minimum absolute atomic E-state index is 0.0119. The van der Waals surface area contributed by atoms with Crippen LogP contribution >= 0.6 is 0 Å². The zero-order chi connectivity index (χ0) is 21.4. The molecule has 8 heteroatoms. The normalized spacial score (nSPS) is 17.8. The van der Waals surface area contributed by atoms with Gasteiger partial charge in [-0.15, -0.1) is 0 Å². The zero-order valence-corrected chi connectivity index (χ0v) is 17.0. The monoisotopic (exact) mass is 420 g/mol. The second kappa shape index (κ2) is 7.98. The number of nitrogens with one attached hydrogen (secondary N) is 2. The van der Waals surface area contributed by atoms with Crippen molar-refractivity contribution in [3.8, 4) is 11.8 Å². The van der Waals surface area contributed by atoms with Crippen LogP contribution in [0.3, 0.4) is 0 Å². The van der Waals surface area contributed by atoms with Crippen molar-refractivity contribution >= 4 is 23.2 Å². The first kappa shape index (κ1) is 19.5. The Morgan fingerprint density at radius 2 is 1.77 bits per heavy atom. The van der Waals surface area contributed by atoms with E-state index in [2.05, 4.69) is 21.3 Å². The molecule has 1 saturated heterocycles. The van der Waals surface area contributed by atoms with Crippen molar-refractivity contribution in [2.45, 2.75) is 13.1 Å². The Labute approximate surface area is 179 Å². The van der Waals surface area contributed by atoms with Crippen molar-refractivity contribution in [1.82, 2.24) is 14.5 Å². The molecule has 31 heavy (non-hydrogen) atoms. The molecule has 0 aliphatic carbocycles. The number of aromatic hydroxyl groups is 2. The van der Waals surface area contributed by atoms with Crippen LogP contribution in [-0.4, -0.2) is 56.9 Å². The van der Waals surface area contributed by atoms with Crippen LogP contribution in [0.2, 0.25) is 0 Å². The van der Waals surface area contributed by atoms with E-state index in [9.17, 15) is 15.0 Å². The van der Waals surface area contributed by atoms with Crippen LogP contribution in [0.1, 0.15) is 22.4 Å². The maximum atomic E-state index is 12.6. The summed E-state index contributed by atoms with van der Waals surface area (Å²) in [6.07, 6.45) is 3.84. The van der Waals surface area contributed by atoms with E-state index in [-0.39, 0.29) is 17.7 Å². The summed E-state index contributed by atoms with van der Waals surface area (Å²) >= 11 is 0. The molecular formula is C23H24N4O4. The molecule has 0 spiro atoms. The van der Waals surface area contributed by atoms with Crippen molar-refractivity contribution in [1.29, 1.82) is 0 Å². The third-order valence-corrected chi connectivity index (χ3v) is 5.72. The van der Waals surface area contributed by atoms with E-state index in [1.54, 1.807) is 0 Å². The van der Waals surface area contributed by atoms with Gasteiger partial charge < -0.3 is 25.3 Å². The average molecular weight is 420 g/mol. The van der Waals surface area contributed by atoms with Gasteiger partial charge in [0.1, 0.15) is 0 Å². The molecule has 8 nitrogen and oxygen atoms in total. The van der Waals surface area contributed by atoms with Crippen molar-refractivity contribution in [2.75, 3.05) is 31.6 Å². The van der Waals surface area contributed by atoms with Crippen molar-refractivity contribution in [2.24, 2.45) is 0 Å². The topological polar surface area (TPSA) is 103 Å². The number of aromatic nitrogens is 2. The Balaban J connectivity index is 1.38. The predicted octanol–water partition coefficient (Wildman–Crippen LogP) is 2.60. The highest BCUT2D eigenvalue weighted by Crippen LogP contribution is 2.34. The maximum absolute atomic E-state index is 12.6. The number of hydrogen-bond acceptors (Lipinski definition) is 5. The third kappa shape index (κ3) is 3.95. The molecule has 2 aliphatic heterocycles. The molecule has 5 rings (SSSR count). The lowest BCUT2D eigenvalue weighted by molar-refractivity contribution is -0.110. The number of ether oxygens (including phenoxy) is 1. The summed E-state index contributed by atoms with van der Waals surface area (Å²) in [5, 5.41) is 22.7. The Hall–Kier alpha value is -3.49. The van der Waals surface area contributed by atoms with Gasteiger partial charge in [-0.05, 0) is 35.4 Å². The maximum Gasteiger partial charge on any atom is 0.256 e. The molecule has 0 bridgehead atoms. The average Bonchev–Trinajstić information content (AvgIpc) is 3.43. The fraction of sp³-hybridized carbons (Fsp3) is 0.261. The smallest absolute Gasteiger partial charge is 0.256 e. The van der Waals surface area contributed by atoms with E-state index in [0.717, 1.165) is 55.4 Å². The molecule has 0 atom stereocenters. The molecule has 1 amide bonds. The third-order valence-electron chi connectivity index (χ3n) is 5.72. The second-order valence-corrected chi connectivity index (χ2v) is 7.88. The number of fused-ring (bicyclic) bond motifs is 1. The number of hydrogen-bond donors (Lipinski definition) is 4. The molecule has 4 N–H and O–H groups in total. The van der Waals surface area contributed by atoms with Crippen LogP contribution in [0.4, 0.5) is 5.69 Å². The SMILES string of the molecule is O=C1Nc2ccc(Cn3c(O)ccc3O)cc2C1=Cc1cc(CN2CCOCC2)c[nH]1. The summed E-state index contributed by atoms with van der Waals surface area (Å²) in [5.41, 5.74) is 5.03. The van der Waals surface area contributed by atoms with Gasteiger partial charge in [-0.2, -0.15) is 0 Å². The number of nitrogens with zero attached hydrogens (tertiary/aromatic N) is 2. The van der Waals surface area contributed by atoms with Crippen molar-refractivity contribution < 1.29 is 19.7 Å². The molecule has 0 saturated carbocycles. The van der Waals surface area contributed by atoms with Crippen LogP contribution < -0.4 is 5.32 Å². The van der Waals surface area contributed by atoms with Gasteiger partial charge in [0.15, 0.2) is 11.8 Å². The number of morpholine rings is 1. The van der Waals surface area contributed by atoms with Crippen molar-refractivity contribution in [3.63, 3.8) is 0 Å². The number of H-pyrrole nitrogens is 1. The lowest BCUT2D eigenvalue weighted by Gasteiger charge is -2.25. The molecule has 160 valence electrons. The van der Waals surface area contributed by atoms with E-state index >= 15 is 0 Å². The van der Waals surface area contributed by atoms with Crippen LogP contribution in [0.5, 0.6) is 11.8 Å². The quantitative estimate of drug-likeness (QED) is 0.475. The Morgan fingerprint density at radius 1 is 1.00 bits per heavy atom. The Bertz CT molecular complexity index is 1130.